The van der Waals surface area contributed by atoms with Gasteiger partial charge in [0.25, 0.3) is 17.8 Å². The van der Waals surface area contributed by atoms with Gasteiger partial charge in [-0.15, -0.1) is 22.7 Å². The monoisotopic (exact) mass is 777 g/mol. The van der Waals surface area contributed by atoms with Crippen molar-refractivity contribution in [2.24, 2.45) is 0 Å². The highest BCUT2D eigenvalue weighted by atomic mass is 32.1. The lowest BCUT2D eigenvalue weighted by Gasteiger charge is -2.08. The summed E-state index contributed by atoms with van der Waals surface area (Å²) in [5.74, 6) is -1.14. The van der Waals surface area contributed by atoms with E-state index in [1.165, 1.54) is 20.5 Å². The van der Waals surface area contributed by atoms with Crippen LogP contribution in [0.15, 0.2) is 133 Å². The standard InChI is InChI=1S/C22H18N2OS.C21H17N3OS.C2H4O2/c1-14-7-12-19-20(13-14)26-22(24-19)16-8-10-17(11-9-16)23-21(25)18-6-4-3-5-15(18)2;1-13-6-11-18-19(12-13)26-21(24-18)14-7-9-15(10-8-14)23-20(25)16-4-2-3-5-17(16)22;1-2(3)4/h3-13H,1-2H3,(H,23,25);2-12H,22H2,1H3,(H,23,25);1H3,(H,3,4). The first-order valence-electron chi connectivity index (χ1n) is 17.6. The molecular formula is C45H39N5O4S2. The maximum atomic E-state index is 12.4. The van der Waals surface area contributed by atoms with Crippen molar-refractivity contribution in [1.29, 1.82) is 0 Å². The zero-order chi connectivity index (χ0) is 39.8. The number of carboxylic acids is 1. The molecule has 9 nitrogen and oxygen atoms in total. The molecular weight excluding hydrogens is 739 g/mol. The quantitative estimate of drug-likeness (QED) is 0.123. The molecule has 0 saturated carbocycles. The highest BCUT2D eigenvalue weighted by molar-refractivity contribution is 7.22. The lowest BCUT2D eigenvalue weighted by Crippen LogP contribution is -2.13. The van der Waals surface area contributed by atoms with E-state index in [2.05, 4.69) is 59.8 Å². The minimum atomic E-state index is -0.833. The molecule has 0 aliphatic heterocycles. The fourth-order valence-electron chi connectivity index (χ4n) is 5.63. The second-order valence-electron chi connectivity index (χ2n) is 13.0. The minimum Gasteiger partial charge on any atom is -0.481 e. The lowest BCUT2D eigenvalue weighted by molar-refractivity contribution is -0.134. The average molecular weight is 778 g/mol. The van der Waals surface area contributed by atoms with Gasteiger partial charge in [0, 0.05) is 40.7 Å². The second-order valence-corrected chi connectivity index (χ2v) is 15.0. The molecule has 11 heteroatoms. The number of nitrogens with one attached hydrogen (secondary N) is 2. The van der Waals surface area contributed by atoms with Crippen LogP contribution in [0.5, 0.6) is 0 Å². The minimum absolute atomic E-state index is 0.0914. The van der Waals surface area contributed by atoms with Crippen molar-refractivity contribution >= 4 is 78.0 Å². The number of benzene rings is 6. The topological polar surface area (TPSA) is 147 Å². The first-order chi connectivity index (χ1) is 26.9. The number of rotatable bonds is 6. The summed E-state index contributed by atoms with van der Waals surface area (Å²) in [7, 11) is 0. The number of para-hydroxylation sites is 1. The Hall–Kier alpha value is -6.69. The van der Waals surface area contributed by atoms with Crippen LogP contribution in [-0.2, 0) is 4.79 Å². The molecule has 5 N–H and O–H groups in total. The third-order valence-corrected chi connectivity index (χ3v) is 10.6. The molecule has 0 bridgehead atoms. The van der Waals surface area contributed by atoms with Gasteiger partial charge in [-0.1, -0.05) is 42.5 Å². The SMILES string of the molecule is CC(=O)O.Cc1ccc2nc(-c3ccc(NC(=O)c4ccccc4C)cc3)sc2c1.Cc1ccc2nc(-c3ccc(NC(=O)c4ccccc4N)cc3)sc2c1. The van der Waals surface area contributed by atoms with Crippen molar-refractivity contribution in [2.45, 2.75) is 27.7 Å². The van der Waals surface area contributed by atoms with Crippen LogP contribution in [0.2, 0.25) is 0 Å². The van der Waals surface area contributed by atoms with Crippen LogP contribution in [0.25, 0.3) is 41.6 Å². The first kappa shape index (κ1) is 39.0. The van der Waals surface area contributed by atoms with Crippen molar-refractivity contribution < 1.29 is 19.5 Å². The largest absolute Gasteiger partial charge is 0.481 e. The predicted octanol–water partition coefficient (Wildman–Crippen LogP) is 11.0. The Kier molecular flexibility index (Phi) is 12.3. The number of anilines is 3. The Bertz CT molecular complexity index is 2480. The van der Waals surface area contributed by atoms with Crippen LogP contribution >= 0.6 is 22.7 Å². The number of nitrogens with zero attached hydrogens (tertiary/aromatic N) is 2. The van der Waals surface area contributed by atoms with Crippen molar-refractivity contribution in [3.63, 3.8) is 0 Å². The molecule has 0 saturated heterocycles. The highest BCUT2D eigenvalue weighted by Crippen LogP contribution is 2.33. The molecule has 56 heavy (non-hydrogen) atoms. The summed E-state index contributed by atoms with van der Waals surface area (Å²) in [5, 5.41) is 15.2. The summed E-state index contributed by atoms with van der Waals surface area (Å²) < 4.78 is 2.37. The van der Waals surface area contributed by atoms with Gasteiger partial charge in [0.15, 0.2) is 0 Å². The molecule has 280 valence electrons. The van der Waals surface area contributed by atoms with Crippen molar-refractivity contribution in [1.82, 2.24) is 9.97 Å². The zero-order valence-corrected chi connectivity index (χ0v) is 32.8. The van der Waals surface area contributed by atoms with Crippen molar-refractivity contribution in [3.8, 4) is 21.1 Å². The summed E-state index contributed by atoms with van der Waals surface area (Å²) in [6.07, 6.45) is 0. The number of nitrogen functional groups attached to an aromatic ring is 1. The van der Waals surface area contributed by atoms with E-state index in [4.69, 9.17) is 20.6 Å². The van der Waals surface area contributed by atoms with E-state index in [-0.39, 0.29) is 11.8 Å². The fraction of sp³-hybridized carbons (Fsp3) is 0.0889. The summed E-state index contributed by atoms with van der Waals surface area (Å²) in [6, 6.07) is 42.7. The maximum absolute atomic E-state index is 12.4. The third-order valence-electron chi connectivity index (χ3n) is 8.46. The number of hydrogen-bond donors (Lipinski definition) is 4. The summed E-state index contributed by atoms with van der Waals surface area (Å²) >= 11 is 3.35. The molecule has 0 radical (unpaired) electrons. The number of thiazole rings is 2. The van der Waals surface area contributed by atoms with E-state index >= 15 is 0 Å². The van der Waals surface area contributed by atoms with Crippen LogP contribution in [-0.4, -0.2) is 32.9 Å². The van der Waals surface area contributed by atoms with Crippen molar-refractivity contribution in [3.05, 3.63) is 161 Å². The van der Waals surface area contributed by atoms with Gasteiger partial charge in [-0.3, -0.25) is 14.4 Å². The number of aliphatic carboxylic acids is 1. The fourth-order valence-corrected chi connectivity index (χ4v) is 7.77. The molecule has 6 aromatic carbocycles. The van der Waals surface area contributed by atoms with Gasteiger partial charge < -0.3 is 21.5 Å². The summed E-state index contributed by atoms with van der Waals surface area (Å²) in [4.78, 5) is 43.1. The van der Waals surface area contributed by atoms with Gasteiger partial charge in [0.1, 0.15) is 10.0 Å². The van der Waals surface area contributed by atoms with Gasteiger partial charge in [0.2, 0.25) is 0 Å². The number of carboxylic acid groups (broad SMARTS) is 1. The number of carbonyl (C=O) groups is 3. The molecule has 0 spiro atoms. The van der Waals surface area contributed by atoms with E-state index in [0.29, 0.717) is 16.8 Å². The molecule has 0 unspecified atom stereocenters. The second kappa shape index (κ2) is 17.6. The number of carbonyl (C=O) groups excluding carboxylic acids is 2. The maximum Gasteiger partial charge on any atom is 0.300 e. The van der Waals surface area contributed by atoms with Crippen molar-refractivity contribution in [2.75, 3.05) is 16.4 Å². The zero-order valence-electron chi connectivity index (χ0n) is 31.2. The predicted molar refractivity (Wildman–Crippen MR) is 231 cm³/mol. The molecule has 0 atom stereocenters. The van der Waals surface area contributed by atoms with Gasteiger partial charge in [0.05, 0.1) is 26.0 Å². The Labute approximate surface area is 332 Å². The van der Waals surface area contributed by atoms with Crippen LogP contribution in [0.3, 0.4) is 0 Å². The highest BCUT2D eigenvalue weighted by Gasteiger charge is 2.12. The van der Waals surface area contributed by atoms with Crippen LogP contribution in [0, 0.1) is 20.8 Å². The number of hydrogen-bond acceptors (Lipinski definition) is 8. The number of aromatic nitrogens is 2. The Balaban J connectivity index is 0.000000174. The smallest absolute Gasteiger partial charge is 0.300 e. The Morgan fingerprint density at radius 3 is 1.43 bits per heavy atom. The van der Waals surface area contributed by atoms with Gasteiger partial charge in [-0.05, 0) is 128 Å². The molecule has 8 aromatic rings. The lowest BCUT2D eigenvalue weighted by atomic mass is 10.1. The first-order valence-corrected chi connectivity index (χ1v) is 19.2. The molecule has 0 fully saturated rings. The summed E-state index contributed by atoms with van der Waals surface area (Å²) in [6.45, 7) is 7.19. The van der Waals surface area contributed by atoms with Crippen LogP contribution in [0.1, 0.15) is 44.3 Å². The number of fused-ring (bicyclic) bond motifs is 2. The van der Waals surface area contributed by atoms with Gasteiger partial charge in [-0.2, -0.15) is 0 Å². The number of nitrogens with two attached hydrogens (primary N) is 1. The Morgan fingerprint density at radius 1 is 0.571 bits per heavy atom. The van der Waals surface area contributed by atoms with E-state index in [9.17, 15) is 9.59 Å². The van der Waals surface area contributed by atoms with E-state index in [0.717, 1.165) is 56.0 Å². The third kappa shape index (κ3) is 9.89. The molecule has 2 heterocycles. The number of aryl methyl sites for hydroxylation is 3. The van der Waals surface area contributed by atoms with Crippen LogP contribution < -0.4 is 16.4 Å². The normalized spacial score (nSPS) is 10.5. The molecule has 2 amide bonds. The Morgan fingerprint density at radius 2 is 0.982 bits per heavy atom. The molecule has 2 aromatic heterocycles. The van der Waals surface area contributed by atoms with Crippen LogP contribution in [0.4, 0.5) is 17.1 Å². The van der Waals surface area contributed by atoms with E-state index in [1.807, 2.05) is 85.8 Å². The molecule has 0 aliphatic rings. The number of amides is 2. The van der Waals surface area contributed by atoms with E-state index < -0.39 is 5.97 Å². The van der Waals surface area contributed by atoms with Gasteiger partial charge >= 0.3 is 0 Å². The molecule has 0 aliphatic carbocycles. The van der Waals surface area contributed by atoms with E-state index in [1.54, 1.807) is 46.9 Å². The molecule has 8 rings (SSSR count). The van der Waals surface area contributed by atoms with Gasteiger partial charge in [-0.25, -0.2) is 9.97 Å². The average Bonchev–Trinajstić information content (AvgIpc) is 3.80. The summed E-state index contributed by atoms with van der Waals surface area (Å²) in [5.41, 5.74) is 16.5.